The lowest BCUT2D eigenvalue weighted by Gasteiger charge is -2.43. The van der Waals surface area contributed by atoms with Crippen molar-refractivity contribution in [2.75, 3.05) is 13.2 Å². The van der Waals surface area contributed by atoms with E-state index in [0.717, 1.165) is 57.8 Å². The molecule has 0 aromatic rings. The number of aliphatic hydroxyl groups excluding tert-OH is 4. The average molecular weight is 1000 g/mol. The van der Waals surface area contributed by atoms with E-state index in [2.05, 4.69) is 60.9 Å². The Kier molecular flexibility index (Phi) is 35.7. The standard InChI is InChI=1S/C49H80O17P2/c1-3-5-7-9-11-12-13-14-15-16-17-18-19-20-21-22-24-28-33-37-43(52)64-41(38-62-42(51)36-32-29-25-27-31-35-40(50)34-30-26-23-10-8-6-4-2)39-63-68(60,61)66-49-46(55)44(53)45(54)48(47(49)56)65-67(57,58)59/h11-12,14-15,17-18,20-21,23-24,26,28,30,34,41,44-49,53-56H,3-10,13,16,19,22,25,27,29,31-33,35-39H2,1-2H3,(H,60,61)(H2,57,58,59)/b12-11-,15-14-,18-17-,21-20-,26-23-,28-24-,34-30+/t41-,44?,45?,46?,47?,48-,49+/m1/s1. The second-order valence-electron chi connectivity index (χ2n) is 16.5. The number of phosphoric ester groups is 2. The second kappa shape index (κ2) is 38.6. The molecular formula is C49H80O17P2. The van der Waals surface area contributed by atoms with Crippen LogP contribution in [0.5, 0.6) is 0 Å². The first-order valence-electron chi connectivity index (χ1n) is 24.1. The van der Waals surface area contributed by atoms with Crippen molar-refractivity contribution in [2.24, 2.45) is 0 Å². The van der Waals surface area contributed by atoms with Gasteiger partial charge in [-0.3, -0.25) is 28.0 Å². The smallest absolute Gasteiger partial charge is 0.462 e. The number of hydrogen-bond acceptors (Lipinski definition) is 14. The Hall–Kier alpha value is -3.15. The fourth-order valence-corrected chi connectivity index (χ4v) is 8.17. The van der Waals surface area contributed by atoms with Crippen LogP contribution in [-0.4, -0.2) is 109 Å². The third-order valence-corrected chi connectivity index (χ3v) is 11.9. The van der Waals surface area contributed by atoms with Gasteiger partial charge in [0.05, 0.1) is 6.61 Å². The maximum Gasteiger partial charge on any atom is 0.472 e. The zero-order valence-corrected chi connectivity index (χ0v) is 41.8. The van der Waals surface area contributed by atoms with Gasteiger partial charge in [-0.15, -0.1) is 0 Å². The molecule has 1 aliphatic carbocycles. The van der Waals surface area contributed by atoms with Crippen LogP contribution >= 0.6 is 15.6 Å². The van der Waals surface area contributed by atoms with Gasteiger partial charge in [-0.05, 0) is 76.7 Å². The Balaban J connectivity index is 2.68. The van der Waals surface area contributed by atoms with Crippen LogP contribution in [0, 0.1) is 0 Å². The summed E-state index contributed by atoms with van der Waals surface area (Å²) in [5.41, 5.74) is 0. The lowest BCUT2D eigenvalue weighted by molar-refractivity contribution is -0.216. The molecule has 0 aliphatic heterocycles. The highest BCUT2D eigenvalue weighted by Crippen LogP contribution is 2.49. The molecule has 17 nitrogen and oxygen atoms in total. The summed E-state index contributed by atoms with van der Waals surface area (Å²) in [5, 5.41) is 41.2. The molecule has 1 fully saturated rings. The summed E-state index contributed by atoms with van der Waals surface area (Å²) < 4.78 is 49.2. The lowest BCUT2D eigenvalue weighted by atomic mass is 9.85. The van der Waals surface area contributed by atoms with Crippen LogP contribution in [0.25, 0.3) is 0 Å². The van der Waals surface area contributed by atoms with Crippen molar-refractivity contribution in [1.82, 2.24) is 0 Å². The fourth-order valence-electron chi connectivity index (χ4n) is 6.64. The van der Waals surface area contributed by atoms with Crippen LogP contribution in [0.4, 0.5) is 0 Å². The molecule has 19 heteroatoms. The molecule has 1 saturated carbocycles. The van der Waals surface area contributed by atoms with Crippen molar-refractivity contribution < 1.29 is 81.7 Å². The van der Waals surface area contributed by atoms with E-state index in [1.54, 1.807) is 18.2 Å². The monoisotopic (exact) mass is 1000 g/mol. The molecule has 0 radical (unpaired) electrons. The number of ketones is 1. The molecule has 68 heavy (non-hydrogen) atoms. The summed E-state index contributed by atoms with van der Waals surface area (Å²) in [6.07, 6.45) is 29.4. The zero-order chi connectivity index (χ0) is 50.5. The van der Waals surface area contributed by atoms with Crippen molar-refractivity contribution in [3.63, 3.8) is 0 Å². The molecule has 388 valence electrons. The number of phosphoric acid groups is 2. The van der Waals surface area contributed by atoms with Crippen LogP contribution < -0.4 is 0 Å². The molecule has 8 atom stereocenters. The lowest BCUT2D eigenvalue weighted by Crippen LogP contribution is -2.64. The predicted octanol–water partition coefficient (Wildman–Crippen LogP) is 8.57. The van der Waals surface area contributed by atoms with Crippen molar-refractivity contribution in [3.05, 3.63) is 85.1 Å². The molecule has 7 N–H and O–H groups in total. The highest BCUT2D eigenvalue weighted by molar-refractivity contribution is 7.47. The van der Waals surface area contributed by atoms with Gasteiger partial charge >= 0.3 is 27.6 Å². The molecule has 0 aromatic carbocycles. The summed E-state index contributed by atoms with van der Waals surface area (Å²) in [7, 11) is -10.8. The Morgan fingerprint density at radius 3 is 1.57 bits per heavy atom. The van der Waals surface area contributed by atoms with Gasteiger partial charge in [-0.25, -0.2) is 9.13 Å². The van der Waals surface area contributed by atoms with Gasteiger partial charge < -0.3 is 44.6 Å². The van der Waals surface area contributed by atoms with E-state index >= 15 is 0 Å². The Morgan fingerprint density at radius 2 is 1.01 bits per heavy atom. The molecule has 0 aromatic heterocycles. The molecule has 1 aliphatic rings. The van der Waals surface area contributed by atoms with Crippen LogP contribution in [0.2, 0.25) is 0 Å². The largest absolute Gasteiger partial charge is 0.472 e. The minimum Gasteiger partial charge on any atom is -0.462 e. The highest BCUT2D eigenvalue weighted by Gasteiger charge is 2.54. The molecule has 0 amide bonds. The third kappa shape index (κ3) is 32.6. The number of carbonyl (C=O) groups is 3. The minimum atomic E-state index is -5.39. The SMILES string of the molecule is CCCCC/C=C\C=C\C(=O)CCCCCCCC(=O)OC[C@H](COP(=O)(O)O[C@H]1C(O)C(O)C(O)[C@@H](OP(=O)(O)O)C1O)OC(=O)CC/C=C\C/C=C\C/C=C\C/C=C\C/C=C\CCCCC. The van der Waals surface area contributed by atoms with Crippen molar-refractivity contribution in [1.29, 1.82) is 0 Å². The maximum atomic E-state index is 13.0. The topological polar surface area (TPSA) is 273 Å². The number of ether oxygens (including phenoxy) is 2. The van der Waals surface area contributed by atoms with E-state index in [-0.39, 0.29) is 25.0 Å². The Labute approximate surface area is 403 Å². The highest BCUT2D eigenvalue weighted by atomic mass is 31.2. The zero-order valence-electron chi connectivity index (χ0n) is 40.0. The van der Waals surface area contributed by atoms with E-state index in [1.165, 1.54) is 25.7 Å². The number of unbranched alkanes of at least 4 members (excludes halogenated alkanes) is 10. The first-order valence-corrected chi connectivity index (χ1v) is 27.1. The van der Waals surface area contributed by atoms with E-state index in [4.69, 9.17) is 18.5 Å². The van der Waals surface area contributed by atoms with Crippen LogP contribution in [0.3, 0.4) is 0 Å². The van der Waals surface area contributed by atoms with Crippen molar-refractivity contribution in [2.45, 2.75) is 191 Å². The average Bonchev–Trinajstić information content (AvgIpc) is 3.29. The molecule has 1 rings (SSSR count). The first kappa shape index (κ1) is 62.9. The summed E-state index contributed by atoms with van der Waals surface area (Å²) >= 11 is 0. The fraction of sp³-hybridized carbons (Fsp3) is 0.653. The number of esters is 2. The summed E-state index contributed by atoms with van der Waals surface area (Å²) in [6, 6.07) is 0. The maximum absolute atomic E-state index is 13.0. The quantitative estimate of drug-likeness (QED) is 0.00758. The minimum absolute atomic E-state index is 0.0170. The molecular weight excluding hydrogens is 922 g/mol. The van der Waals surface area contributed by atoms with Crippen LogP contribution in [-0.2, 0) is 46.6 Å². The second-order valence-corrected chi connectivity index (χ2v) is 19.1. The van der Waals surface area contributed by atoms with Gasteiger partial charge in [-0.2, -0.15) is 0 Å². The molecule has 0 heterocycles. The molecule has 5 unspecified atom stereocenters. The van der Waals surface area contributed by atoms with Crippen LogP contribution in [0.15, 0.2) is 85.1 Å². The normalized spacial score (nSPS) is 21.9. The third-order valence-electron chi connectivity index (χ3n) is 10.4. The molecule has 0 saturated heterocycles. The van der Waals surface area contributed by atoms with Gasteiger partial charge in [0.2, 0.25) is 0 Å². The first-order chi connectivity index (χ1) is 32.5. The number of allylic oxidation sites excluding steroid dienone is 14. The number of rotatable bonds is 39. The Morgan fingerprint density at radius 1 is 0.515 bits per heavy atom. The molecule has 0 spiro atoms. The van der Waals surface area contributed by atoms with Gasteiger partial charge in [0.15, 0.2) is 11.9 Å². The summed E-state index contributed by atoms with van der Waals surface area (Å²) in [5.74, 6) is -1.35. The van der Waals surface area contributed by atoms with E-state index in [1.807, 2.05) is 24.3 Å². The summed E-state index contributed by atoms with van der Waals surface area (Å²) in [4.78, 5) is 66.3. The predicted molar refractivity (Wildman–Crippen MR) is 260 cm³/mol. The van der Waals surface area contributed by atoms with Gasteiger partial charge in [0, 0.05) is 19.3 Å². The van der Waals surface area contributed by atoms with Gasteiger partial charge in [0.25, 0.3) is 0 Å². The van der Waals surface area contributed by atoms with Crippen molar-refractivity contribution in [3.8, 4) is 0 Å². The summed E-state index contributed by atoms with van der Waals surface area (Å²) in [6.45, 7) is 2.86. The van der Waals surface area contributed by atoms with E-state index in [0.29, 0.717) is 32.1 Å². The van der Waals surface area contributed by atoms with E-state index < -0.39 is 83.5 Å². The van der Waals surface area contributed by atoms with Gasteiger partial charge in [-0.1, -0.05) is 138 Å². The number of carbonyl (C=O) groups excluding carboxylic acids is 3. The van der Waals surface area contributed by atoms with Crippen molar-refractivity contribution >= 4 is 33.4 Å². The van der Waals surface area contributed by atoms with E-state index in [9.17, 15) is 58.6 Å². The number of aliphatic hydroxyl groups is 4. The number of hydrogen-bond donors (Lipinski definition) is 7. The van der Waals surface area contributed by atoms with Gasteiger partial charge in [0.1, 0.15) is 43.2 Å². The van der Waals surface area contributed by atoms with Crippen LogP contribution in [0.1, 0.15) is 149 Å². The Bertz CT molecular complexity index is 1700. The molecule has 0 bridgehead atoms.